The van der Waals surface area contributed by atoms with Gasteiger partial charge in [0.1, 0.15) is 11.9 Å². The van der Waals surface area contributed by atoms with Gasteiger partial charge in [0, 0.05) is 30.5 Å². The average Bonchev–Trinajstić information content (AvgIpc) is 2.43. The molecule has 0 saturated carbocycles. The monoisotopic (exact) mass is 272 g/mol. The fourth-order valence-corrected chi connectivity index (χ4v) is 1.91. The van der Waals surface area contributed by atoms with Crippen LogP contribution in [0.1, 0.15) is 11.1 Å². The molecular formula is C14H13ClN4. The number of aromatic nitrogens is 1. The maximum atomic E-state index is 8.73. The van der Waals surface area contributed by atoms with Crippen molar-refractivity contribution in [2.24, 2.45) is 0 Å². The molecule has 0 bridgehead atoms. The quantitative estimate of drug-likeness (QED) is 0.873. The van der Waals surface area contributed by atoms with Crippen molar-refractivity contribution in [2.75, 3.05) is 17.7 Å². The summed E-state index contributed by atoms with van der Waals surface area (Å²) in [4.78, 5) is 6.17. The molecule has 2 rings (SSSR count). The maximum Gasteiger partial charge on any atom is 0.128 e. The lowest BCUT2D eigenvalue weighted by Gasteiger charge is -2.19. The predicted octanol–water partition coefficient (Wildman–Crippen LogP) is 2.83. The Labute approximate surface area is 117 Å². The van der Waals surface area contributed by atoms with Gasteiger partial charge in [0.2, 0.25) is 0 Å². The molecule has 0 aliphatic carbocycles. The van der Waals surface area contributed by atoms with Gasteiger partial charge in [0.25, 0.3) is 0 Å². The number of rotatable bonds is 3. The molecule has 1 aromatic heterocycles. The van der Waals surface area contributed by atoms with Gasteiger partial charge in [0.05, 0.1) is 5.56 Å². The summed E-state index contributed by atoms with van der Waals surface area (Å²) in [5.74, 6) is 0.775. The van der Waals surface area contributed by atoms with Crippen LogP contribution in [0.15, 0.2) is 36.5 Å². The van der Waals surface area contributed by atoms with Gasteiger partial charge in [-0.05, 0) is 35.9 Å². The number of pyridine rings is 1. The number of nitrogens with two attached hydrogens (primary N) is 1. The molecule has 0 saturated heterocycles. The van der Waals surface area contributed by atoms with Gasteiger partial charge in [-0.15, -0.1) is 0 Å². The van der Waals surface area contributed by atoms with Crippen molar-refractivity contribution < 1.29 is 0 Å². The topological polar surface area (TPSA) is 65.9 Å². The molecular weight excluding hydrogens is 260 g/mol. The SMILES string of the molecule is CN(Cc1cc(N)ccc1Cl)c1ccc(C#N)cn1. The summed E-state index contributed by atoms with van der Waals surface area (Å²) in [7, 11) is 1.91. The first-order valence-corrected chi connectivity index (χ1v) is 6.09. The van der Waals surface area contributed by atoms with Crippen molar-refractivity contribution in [1.82, 2.24) is 4.98 Å². The van der Waals surface area contributed by atoms with Crippen molar-refractivity contribution in [2.45, 2.75) is 6.54 Å². The minimum atomic E-state index is 0.541. The molecule has 4 nitrogen and oxygen atoms in total. The van der Waals surface area contributed by atoms with E-state index in [0.717, 1.165) is 11.4 Å². The third-order valence-electron chi connectivity index (χ3n) is 2.75. The smallest absolute Gasteiger partial charge is 0.128 e. The standard InChI is InChI=1S/C14H13ClN4/c1-19(14-5-2-10(7-16)8-18-14)9-11-6-12(17)3-4-13(11)15/h2-6,8H,9,17H2,1H3. The van der Waals surface area contributed by atoms with E-state index in [1.165, 1.54) is 0 Å². The van der Waals surface area contributed by atoms with Crippen LogP contribution in [0.25, 0.3) is 0 Å². The molecule has 0 unspecified atom stereocenters. The number of nitriles is 1. The second-order valence-electron chi connectivity index (χ2n) is 4.22. The Morgan fingerprint density at radius 1 is 1.37 bits per heavy atom. The van der Waals surface area contributed by atoms with Crippen LogP contribution in [-0.2, 0) is 6.54 Å². The van der Waals surface area contributed by atoms with Crippen LogP contribution < -0.4 is 10.6 Å². The van der Waals surface area contributed by atoms with Crippen molar-refractivity contribution in [3.63, 3.8) is 0 Å². The normalized spacial score (nSPS) is 9.95. The number of nitrogen functional groups attached to an aromatic ring is 1. The lowest BCUT2D eigenvalue weighted by Crippen LogP contribution is -2.18. The Balaban J connectivity index is 2.18. The Morgan fingerprint density at radius 3 is 2.79 bits per heavy atom. The number of hydrogen-bond acceptors (Lipinski definition) is 4. The number of hydrogen-bond donors (Lipinski definition) is 1. The Hall–Kier alpha value is -2.25. The largest absolute Gasteiger partial charge is 0.399 e. The van der Waals surface area contributed by atoms with E-state index in [4.69, 9.17) is 22.6 Å². The van der Waals surface area contributed by atoms with E-state index in [1.807, 2.05) is 24.1 Å². The third-order valence-corrected chi connectivity index (χ3v) is 3.11. The number of nitrogens with zero attached hydrogens (tertiary/aromatic N) is 3. The summed E-state index contributed by atoms with van der Waals surface area (Å²) in [5, 5.41) is 9.41. The number of halogens is 1. The highest BCUT2D eigenvalue weighted by Crippen LogP contribution is 2.22. The zero-order valence-corrected chi connectivity index (χ0v) is 11.2. The van der Waals surface area contributed by atoms with Gasteiger partial charge in [-0.3, -0.25) is 0 Å². The first-order valence-electron chi connectivity index (χ1n) is 5.71. The van der Waals surface area contributed by atoms with Gasteiger partial charge < -0.3 is 10.6 Å². The van der Waals surface area contributed by atoms with Crippen molar-refractivity contribution in [3.8, 4) is 6.07 Å². The Kier molecular flexibility index (Phi) is 3.88. The van der Waals surface area contributed by atoms with Crippen LogP contribution >= 0.6 is 11.6 Å². The lowest BCUT2D eigenvalue weighted by atomic mass is 10.2. The Bertz CT molecular complexity index is 616. The van der Waals surface area contributed by atoms with Gasteiger partial charge in [0.15, 0.2) is 0 Å². The van der Waals surface area contributed by atoms with Crippen LogP contribution in [0.4, 0.5) is 11.5 Å². The first kappa shape index (κ1) is 13.2. The van der Waals surface area contributed by atoms with Crippen LogP contribution in [-0.4, -0.2) is 12.0 Å². The summed E-state index contributed by atoms with van der Waals surface area (Å²) >= 11 is 6.13. The van der Waals surface area contributed by atoms with E-state index in [1.54, 1.807) is 30.5 Å². The molecule has 0 aliphatic rings. The average molecular weight is 273 g/mol. The highest BCUT2D eigenvalue weighted by Gasteiger charge is 2.07. The van der Waals surface area contributed by atoms with E-state index in [-0.39, 0.29) is 0 Å². The molecule has 1 aromatic carbocycles. The molecule has 2 aromatic rings. The molecule has 0 atom stereocenters. The number of anilines is 2. The third kappa shape index (κ3) is 3.15. The molecule has 1 heterocycles. The van der Waals surface area contributed by atoms with Gasteiger partial charge in [-0.1, -0.05) is 11.6 Å². The van der Waals surface area contributed by atoms with Crippen LogP contribution in [0.3, 0.4) is 0 Å². The predicted molar refractivity (Wildman–Crippen MR) is 76.9 cm³/mol. The number of benzene rings is 1. The van der Waals surface area contributed by atoms with Crippen molar-refractivity contribution in [3.05, 3.63) is 52.7 Å². The van der Waals surface area contributed by atoms with Gasteiger partial charge >= 0.3 is 0 Å². The highest BCUT2D eigenvalue weighted by atomic mass is 35.5. The van der Waals surface area contributed by atoms with E-state index in [0.29, 0.717) is 22.8 Å². The van der Waals surface area contributed by atoms with E-state index < -0.39 is 0 Å². The van der Waals surface area contributed by atoms with E-state index in [9.17, 15) is 0 Å². The zero-order chi connectivity index (χ0) is 13.8. The highest BCUT2D eigenvalue weighted by molar-refractivity contribution is 6.31. The molecule has 0 radical (unpaired) electrons. The second kappa shape index (κ2) is 5.59. The van der Waals surface area contributed by atoms with E-state index in [2.05, 4.69) is 4.98 Å². The molecule has 0 aliphatic heterocycles. The van der Waals surface area contributed by atoms with Crippen LogP contribution in [0, 0.1) is 11.3 Å². The molecule has 2 N–H and O–H groups in total. The van der Waals surface area contributed by atoms with Gasteiger partial charge in [-0.25, -0.2) is 4.98 Å². The van der Waals surface area contributed by atoms with Crippen LogP contribution in [0.2, 0.25) is 5.02 Å². The molecule has 96 valence electrons. The summed E-state index contributed by atoms with van der Waals surface area (Å²) in [6.45, 7) is 0.600. The fraction of sp³-hybridized carbons (Fsp3) is 0.143. The fourth-order valence-electron chi connectivity index (χ4n) is 1.73. The summed E-state index contributed by atoms with van der Waals surface area (Å²) in [6, 6.07) is 11.0. The second-order valence-corrected chi connectivity index (χ2v) is 4.63. The molecule has 0 fully saturated rings. The van der Waals surface area contributed by atoms with Crippen molar-refractivity contribution in [1.29, 1.82) is 5.26 Å². The van der Waals surface area contributed by atoms with Gasteiger partial charge in [-0.2, -0.15) is 5.26 Å². The summed E-state index contributed by atoms with van der Waals surface area (Å²) in [5.41, 5.74) is 7.91. The summed E-state index contributed by atoms with van der Waals surface area (Å²) < 4.78 is 0. The van der Waals surface area contributed by atoms with Crippen LogP contribution in [0.5, 0.6) is 0 Å². The maximum absolute atomic E-state index is 8.73. The zero-order valence-electron chi connectivity index (χ0n) is 10.5. The first-order chi connectivity index (χ1) is 9.10. The Morgan fingerprint density at radius 2 is 2.16 bits per heavy atom. The molecule has 5 heteroatoms. The molecule has 0 spiro atoms. The molecule has 19 heavy (non-hydrogen) atoms. The van der Waals surface area contributed by atoms with Crippen molar-refractivity contribution >= 4 is 23.1 Å². The minimum Gasteiger partial charge on any atom is -0.399 e. The lowest BCUT2D eigenvalue weighted by molar-refractivity contribution is 0.898. The summed E-state index contributed by atoms with van der Waals surface area (Å²) in [6.07, 6.45) is 1.55. The minimum absolute atomic E-state index is 0.541. The van der Waals surface area contributed by atoms with E-state index >= 15 is 0 Å². The molecule has 0 amide bonds.